The summed E-state index contributed by atoms with van der Waals surface area (Å²) < 4.78 is 6.65. The fraction of sp³-hybridized carbons (Fsp3) is 0.192. The molecule has 1 N–H and O–H groups in total. The first-order valence-corrected chi connectivity index (χ1v) is 10.7. The molecule has 0 fully saturated rings. The summed E-state index contributed by atoms with van der Waals surface area (Å²) in [6.07, 6.45) is 0. The Hall–Kier alpha value is -4.13. The fourth-order valence-electron chi connectivity index (χ4n) is 3.84. The van der Waals surface area contributed by atoms with Gasteiger partial charge in [0.25, 0.3) is 5.91 Å². The molecule has 0 radical (unpaired) electrons. The van der Waals surface area contributed by atoms with Crippen LogP contribution < -0.4 is 11.1 Å². The molecule has 4 aromatic rings. The van der Waals surface area contributed by atoms with Gasteiger partial charge in [-0.3, -0.25) is 14.2 Å². The summed E-state index contributed by atoms with van der Waals surface area (Å²) in [5.74, 6) is -0.997. The van der Waals surface area contributed by atoms with Gasteiger partial charge in [0.05, 0.1) is 11.6 Å². The van der Waals surface area contributed by atoms with E-state index in [0.29, 0.717) is 22.4 Å². The van der Waals surface area contributed by atoms with E-state index in [1.807, 2.05) is 43.3 Å². The van der Waals surface area contributed by atoms with E-state index >= 15 is 0 Å². The van der Waals surface area contributed by atoms with Crippen molar-refractivity contribution < 1.29 is 14.0 Å². The van der Waals surface area contributed by atoms with Crippen molar-refractivity contribution in [2.75, 3.05) is 12.4 Å². The number of nitrogens with one attached hydrogen (secondary N) is 1. The molecule has 1 heterocycles. The Kier molecular flexibility index (Phi) is 6.13. The molecule has 3 aromatic carbocycles. The number of oxazole rings is 1. The third-order valence-electron chi connectivity index (χ3n) is 5.85. The average molecular weight is 444 g/mol. The van der Waals surface area contributed by atoms with Crippen LogP contribution in [0.3, 0.4) is 0 Å². The molecule has 4 rings (SSSR count). The highest BCUT2D eigenvalue weighted by Crippen LogP contribution is 2.25. The lowest BCUT2D eigenvalue weighted by Gasteiger charge is -2.28. The lowest BCUT2D eigenvalue weighted by Crippen LogP contribution is -2.37. The first kappa shape index (κ1) is 22.1. The van der Waals surface area contributed by atoms with Crippen LogP contribution in [0.15, 0.2) is 88.1 Å². The smallest absolute Gasteiger partial charge is 0.408 e. The normalized spacial score (nSPS) is 12.8. The predicted octanol–water partition coefficient (Wildman–Crippen LogP) is 4.63. The summed E-state index contributed by atoms with van der Waals surface area (Å²) in [5, 5.41) is 2.89. The van der Waals surface area contributed by atoms with Crippen LogP contribution in [0.1, 0.15) is 41.9 Å². The van der Waals surface area contributed by atoms with Crippen molar-refractivity contribution in [2.24, 2.45) is 0 Å². The summed E-state index contributed by atoms with van der Waals surface area (Å²) in [6, 6.07) is 22.4. The average Bonchev–Trinajstić information content (AvgIpc) is 3.18. The summed E-state index contributed by atoms with van der Waals surface area (Å²) >= 11 is 0. The molecule has 0 saturated heterocycles. The van der Waals surface area contributed by atoms with Gasteiger partial charge >= 0.3 is 5.76 Å². The number of aromatic nitrogens is 1. The van der Waals surface area contributed by atoms with Gasteiger partial charge in [0, 0.05) is 18.3 Å². The molecular formula is C26H25N3O4. The maximum atomic E-state index is 13.3. The Bertz CT molecular complexity index is 1360. The zero-order valence-corrected chi connectivity index (χ0v) is 18.7. The zero-order chi connectivity index (χ0) is 23.5. The highest BCUT2D eigenvalue weighted by molar-refractivity contribution is 6.04. The molecule has 0 spiro atoms. The van der Waals surface area contributed by atoms with Gasteiger partial charge in [-0.15, -0.1) is 0 Å². The van der Waals surface area contributed by atoms with Crippen LogP contribution in [0.4, 0.5) is 5.69 Å². The molecule has 0 saturated carbocycles. The lowest BCUT2D eigenvalue weighted by atomic mass is 10.1. The Balaban J connectivity index is 1.53. The number of carbonyl (C=O) groups excluding carboxylic acids is 2. The third kappa shape index (κ3) is 4.43. The molecule has 0 aliphatic rings. The second-order valence-corrected chi connectivity index (χ2v) is 7.95. The van der Waals surface area contributed by atoms with Gasteiger partial charge in [0.15, 0.2) is 5.58 Å². The fourth-order valence-corrected chi connectivity index (χ4v) is 3.84. The van der Waals surface area contributed by atoms with E-state index in [0.717, 1.165) is 5.56 Å². The summed E-state index contributed by atoms with van der Waals surface area (Å²) in [7, 11) is 1.70. The van der Waals surface area contributed by atoms with Gasteiger partial charge in [-0.2, -0.15) is 0 Å². The minimum absolute atomic E-state index is 0.204. The van der Waals surface area contributed by atoms with E-state index in [9.17, 15) is 14.4 Å². The third-order valence-corrected chi connectivity index (χ3v) is 5.85. The van der Waals surface area contributed by atoms with Crippen molar-refractivity contribution in [3.05, 3.63) is 101 Å². The van der Waals surface area contributed by atoms with Crippen LogP contribution >= 0.6 is 0 Å². The van der Waals surface area contributed by atoms with Crippen molar-refractivity contribution in [3.8, 4) is 0 Å². The molecular weight excluding hydrogens is 418 g/mol. The lowest BCUT2D eigenvalue weighted by molar-refractivity contribution is -0.135. The first-order valence-electron chi connectivity index (χ1n) is 10.7. The SMILES string of the molecule is CC(c1cccc(NC(=O)c2ccccc2)c1)N(C)C(=O)C(C)n1c(=O)oc2ccccc21. The van der Waals surface area contributed by atoms with E-state index in [2.05, 4.69) is 5.32 Å². The largest absolute Gasteiger partial charge is 0.420 e. The van der Waals surface area contributed by atoms with Crippen LogP contribution in [0, 0.1) is 0 Å². The van der Waals surface area contributed by atoms with Crippen LogP contribution in [-0.2, 0) is 4.79 Å². The molecule has 168 valence electrons. The minimum atomic E-state index is -0.741. The van der Waals surface area contributed by atoms with Crippen LogP contribution in [0.2, 0.25) is 0 Å². The number of amides is 2. The van der Waals surface area contributed by atoms with Gasteiger partial charge in [0.2, 0.25) is 5.91 Å². The maximum absolute atomic E-state index is 13.3. The van der Waals surface area contributed by atoms with E-state index in [-0.39, 0.29) is 17.9 Å². The summed E-state index contributed by atoms with van der Waals surface area (Å²) in [6.45, 7) is 3.59. The summed E-state index contributed by atoms with van der Waals surface area (Å²) in [4.78, 5) is 39.7. The number of benzene rings is 3. The van der Waals surface area contributed by atoms with E-state index in [1.54, 1.807) is 61.3 Å². The van der Waals surface area contributed by atoms with Gasteiger partial charge in [0.1, 0.15) is 6.04 Å². The number of rotatable bonds is 6. The predicted molar refractivity (Wildman–Crippen MR) is 127 cm³/mol. The second-order valence-electron chi connectivity index (χ2n) is 7.95. The Morgan fingerprint density at radius 3 is 2.39 bits per heavy atom. The topological polar surface area (TPSA) is 84.5 Å². The number of carbonyl (C=O) groups is 2. The second kappa shape index (κ2) is 9.16. The Morgan fingerprint density at radius 1 is 0.939 bits per heavy atom. The van der Waals surface area contributed by atoms with Gasteiger partial charge in [-0.05, 0) is 55.8 Å². The standard InChI is InChI=1S/C26H25N3O4/c1-17(20-12-9-13-21(16-20)27-24(30)19-10-5-4-6-11-19)28(3)25(31)18(2)29-22-14-7-8-15-23(22)33-26(29)32/h4-18H,1-3H3,(H,27,30). The van der Waals surface area contributed by atoms with Crippen molar-refractivity contribution in [1.29, 1.82) is 0 Å². The monoisotopic (exact) mass is 443 g/mol. The number of likely N-dealkylation sites (N-methyl/N-ethyl adjacent to an activating group) is 1. The first-order chi connectivity index (χ1) is 15.9. The van der Waals surface area contributed by atoms with Gasteiger partial charge in [-0.1, -0.05) is 42.5 Å². The van der Waals surface area contributed by atoms with Crippen molar-refractivity contribution in [2.45, 2.75) is 25.9 Å². The van der Waals surface area contributed by atoms with Gasteiger partial charge in [-0.25, -0.2) is 4.79 Å². The molecule has 33 heavy (non-hydrogen) atoms. The molecule has 2 amide bonds. The van der Waals surface area contributed by atoms with Crippen LogP contribution in [-0.4, -0.2) is 28.3 Å². The maximum Gasteiger partial charge on any atom is 0.420 e. The molecule has 0 bridgehead atoms. The number of hydrogen-bond donors (Lipinski definition) is 1. The number of para-hydroxylation sites is 2. The number of nitrogens with zero attached hydrogens (tertiary/aromatic N) is 2. The Morgan fingerprint density at radius 2 is 1.64 bits per heavy atom. The number of fused-ring (bicyclic) bond motifs is 1. The molecule has 7 heteroatoms. The van der Waals surface area contributed by atoms with E-state index in [1.165, 1.54) is 4.57 Å². The molecule has 1 aromatic heterocycles. The van der Waals surface area contributed by atoms with Crippen molar-refractivity contribution in [1.82, 2.24) is 9.47 Å². The zero-order valence-electron chi connectivity index (χ0n) is 18.7. The molecule has 2 atom stereocenters. The molecule has 0 aliphatic carbocycles. The quantitative estimate of drug-likeness (QED) is 0.471. The number of hydrogen-bond acceptors (Lipinski definition) is 4. The van der Waals surface area contributed by atoms with E-state index in [4.69, 9.17) is 4.42 Å². The molecule has 7 nitrogen and oxygen atoms in total. The van der Waals surface area contributed by atoms with Crippen LogP contribution in [0.25, 0.3) is 11.1 Å². The van der Waals surface area contributed by atoms with Crippen molar-refractivity contribution in [3.63, 3.8) is 0 Å². The molecule has 0 aliphatic heterocycles. The molecule has 2 unspecified atom stereocenters. The van der Waals surface area contributed by atoms with E-state index < -0.39 is 11.8 Å². The summed E-state index contributed by atoms with van der Waals surface area (Å²) in [5.41, 5.74) is 3.08. The minimum Gasteiger partial charge on any atom is -0.408 e. The van der Waals surface area contributed by atoms with Crippen molar-refractivity contribution >= 4 is 28.6 Å². The van der Waals surface area contributed by atoms with Crippen LogP contribution in [0.5, 0.6) is 0 Å². The highest BCUT2D eigenvalue weighted by atomic mass is 16.4. The highest BCUT2D eigenvalue weighted by Gasteiger charge is 2.27. The Labute approximate surface area is 191 Å². The number of anilines is 1. The van der Waals surface area contributed by atoms with Gasteiger partial charge < -0.3 is 14.6 Å².